The predicted molar refractivity (Wildman–Crippen MR) is 87.5 cm³/mol. The molecule has 0 spiro atoms. The van der Waals surface area contributed by atoms with Crippen LogP contribution in [0.2, 0.25) is 0 Å². The van der Waals surface area contributed by atoms with E-state index in [1.807, 2.05) is 13.8 Å². The Morgan fingerprint density at radius 3 is 1.83 bits per heavy atom. The summed E-state index contributed by atoms with van der Waals surface area (Å²) < 4.78 is 0. The quantitative estimate of drug-likeness (QED) is 0.802. The molecule has 0 saturated carbocycles. The minimum absolute atomic E-state index is 0.0436. The number of nitrogens with one attached hydrogen (secondary N) is 1. The number of carboxylic acid groups (broad SMARTS) is 1. The van der Waals surface area contributed by atoms with E-state index in [9.17, 15) is 9.59 Å². The van der Waals surface area contributed by atoms with E-state index in [1.165, 1.54) is 12.1 Å². The molecule has 0 unspecified atom stereocenters. The normalized spacial score (nSPS) is 10.9. The van der Waals surface area contributed by atoms with Gasteiger partial charge in [0.2, 0.25) is 5.91 Å². The lowest BCUT2D eigenvalue weighted by Gasteiger charge is -2.07. The number of carboxylic acids is 1. The topological polar surface area (TPSA) is 91.1 Å². The van der Waals surface area contributed by atoms with Crippen molar-refractivity contribution in [2.75, 3.05) is 5.32 Å². The highest BCUT2D eigenvalue weighted by atomic mass is 16.4. The van der Waals surface area contributed by atoms with Crippen molar-refractivity contribution in [3.8, 4) is 0 Å². The molecule has 118 valence electrons. The van der Waals surface area contributed by atoms with Gasteiger partial charge in [-0.3, -0.25) is 4.79 Å². The van der Waals surface area contributed by atoms with E-state index in [4.69, 9.17) is 5.11 Å². The van der Waals surface area contributed by atoms with Gasteiger partial charge in [0.25, 0.3) is 0 Å². The molecule has 2 N–H and O–H groups in total. The summed E-state index contributed by atoms with van der Waals surface area (Å²) in [6.45, 7) is 3.65. The number of hydrogen-bond donors (Lipinski definition) is 2. The molecule has 1 amide bonds. The maximum Gasteiger partial charge on any atom is 0.335 e. The molecule has 6 nitrogen and oxygen atoms in total. The Balaban J connectivity index is 2.02. The number of benzene rings is 2. The van der Waals surface area contributed by atoms with Gasteiger partial charge in [0.1, 0.15) is 0 Å². The number of amides is 1. The van der Waals surface area contributed by atoms with E-state index in [0.717, 1.165) is 0 Å². The number of hydrogen-bond acceptors (Lipinski definition) is 4. The lowest BCUT2D eigenvalue weighted by Crippen LogP contribution is -2.17. The van der Waals surface area contributed by atoms with Gasteiger partial charge in [-0.25, -0.2) is 4.79 Å². The van der Waals surface area contributed by atoms with Crippen molar-refractivity contribution >= 4 is 28.9 Å². The number of rotatable bonds is 5. The molecule has 0 saturated heterocycles. The van der Waals surface area contributed by atoms with Crippen molar-refractivity contribution in [1.29, 1.82) is 0 Å². The summed E-state index contributed by atoms with van der Waals surface area (Å²) in [5.74, 6) is -1.10. The third-order valence-corrected chi connectivity index (χ3v) is 3.05. The van der Waals surface area contributed by atoms with E-state index in [1.54, 1.807) is 36.4 Å². The van der Waals surface area contributed by atoms with E-state index < -0.39 is 5.97 Å². The van der Waals surface area contributed by atoms with Crippen LogP contribution in [0, 0.1) is 5.92 Å². The smallest absolute Gasteiger partial charge is 0.335 e. The molecule has 0 aliphatic heterocycles. The Morgan fingerprint density at radius 1 is 0.913 bits per heavy atom. The van der Waals surface area contributed by atoms with Crippen LogP contribution in [0.5, 0.6) is 0 Å². The molecule has 0 aliphatic carbocycles. The van der Waals surface area contributed by atoms with Crippen molar-refractivity contribution < 1.29 is 14.7 Å². The summed E-state index contributed by atoms with van der Waals surface area (Å²) in [7, 11) is 0. The van der Waals surface area contributed by atoms with Gasteiger partial charge in [0, 0.05) is 11.6 Å². The number of aromatic carboxylic acids is 1. The number of carbonyl (C=O) groups is 2. The highest BCUT2D eigenvalue weighted by Gasteiger charge is 2.06. The fourth-order valence-corrected chi connectivity index (χ4v) is 1.68. The van der Waals surface area contributed by atoms with Crippen LogP contribution in [0.3, 0.4) is 0 Å². The van der Waals surface area contributed by atoms with Gasteiger partial charge < -0.3 is 10.4 Å². The average molecular weight is 311 g/mol. The average Bonchev–Trinajstić information content (AvgIpc) is 2.54. The minimum Gasteiger partial charge on any atom is -0.478 e. The maximum absolute atomic E-state index is 11.6. The standard InChI is InChI=1S/C17H17N3O3/c1-11(2)16(21)18-13-7-9-15(10-8-13)20-19-14-5-3-12(4-6-14)17(22)23/h3-11H,1-2H3,(H,18,21)(H,22,23). The zero-order chi connectivity index (χ0) is 16.8. The molecule has 0 fully saturated rings. The van der Waals surface area contributed by atoms with Crippen molar-refractivity contribution in [2.24, 2.45) is 16.1 Å². The molecular weight excluding hydrogens is 294 g/mol. The van der Waals surface area contributed by atoms with Crippen LogP contribution in [-0.4, -0.2) is 17.0 Å². The number of nitrogens with zero attached hydrogens (tertiary/aromatic N) is 2. The first-order valence-corrected chi connectivity index (χ1v) is 7.12. The van der Waals surface area contributed by atoms with Crippen molar-refractivity contribution in [2.45, 2.75) is 13.8 Å². The lowest BCUT2D eigenvalue weighted by atomic mass is 10.2. The zero-order valence-electron chi connectivity index (χ0n) is 12.9. The summed E-state index contributed by atoms with van der Waals surface area (Å²) >= 11 is 0. The largest absolute Gasteiger partial charge is 0.478 e. The van der Waals surface area contributed by atoms with Gasteiger partial charge in [-0.05, 0) is 48.5 Å². The third kappa shape index (κ3) is 4.74. The molecule has 0 atom stereocenters. The first-order chi connectivity index (χ1) is 11.0. The first kappa shape index (κ1) is 16.4. The summed E-state index contributed by atoms with van der Waals surface area (Å²) in [5.41, 5.74) is 2.10. The van der Waals surface area contributed by atoms with Crippen LogP contribution >= 0.6 is 0 Å². The molecule has 2 rings (SSSR count). The van der Waals surface area contributed by atoms with Crippen LogP contribution in [0.1, 0.15) is 24.2 Å². The third-order valence-electron chi connectivity index (χ3n) is 3.05. The Morgan fingerprint density at radius 2 is 1.39 bits per heavy atom. The molecular formula is C17H17N3O3. The number of azo groups is 1. The maximum atomic E-state index is 11.6. The molecule has 0 heterocycles. The molecule has 23 heavy (non-hydrogen) atoms. The second-order valence-corrected chi connectivity index (χ2v) is 5.24. The molecule has 6 heteroatoms. The number of anilines is 1. The Labute approximate surface area is 133 Å². The Bertz CT molecular complexity index is 720. The van der Waals surface area contributed by atoms with Crippen molar-refractivity contribution in [3.05, 3.63) is 54.1 Å². The monoisotopic (exact) mass is 311 g/mol. The highest BCUT2D eigenvalue weighted by Crippen LogP contribution is 2.21. The van der Waals surface area contributed by atoms with Gasteiger partial charge >= 0.3 is 5.97 Å². The highest BCUT2D eigenvalue weighted by molar-refractivity contribution is 5.92. The molecule has 0 aromatic heterocycles. The predicted octanol–water partition coefficient (Wildman–Crippen LogP) is 4.39. The number of carbonyl (C=O) groups excluding carboxylic acids is 1. The van der Waals surface area contributed by atoms with Gasteiger partial charge in [-0.1, -0.05) is 13.8 Å². The SMILES string of the molecule is CC(C)C(=O)Nc1ccc(N=Nc2ccc(C(=O)O)cc2)cc1. The molecule has 0 aliphatic rings. The summed E-state index contributed by atoms with van der Waals surface area (Å²) in [4.78, 5) is 22.3. The van der Waals surface area contributed by atoms with Gasteiger partial charge in [-0.2, -0.15) is 10.2 Å². The second-order valence-electron chi connectivity index (χ2n) is 5.24. The molecule has 0 bridgehead atoms. The van der Waals surface area contributed by atoms with E-state index in [-0.39, 0.29) is 17.4 Å². The van der Waals surface area contributed by atoms with Crippen LogP contribution in [0.25, 0.3) is 0 Å². The lowest BCUT2D eigenvalue weighted by molar-refractivity contribution is -0.118. The molecule has 2 aromatic rings. The second kappa shape index (κ2) is 7.31. The first-order valence-electron chi connectivity index (χ1n) is 7.12. The van der Waals surface area contributed by atoms with E-state index in [0.29, 0.717) is 17.1 Å². The van der Waals surface area contributed by atoms with Crippen LogP contribution in [0.4, 0.5) is 17.1 Å². The fraction of sp³-hybridized carbons (Fsp3) is 0.176. The summed E-state index contributed by atoms with van der Waals surface area (Å²) in [6.07, 6.45) is 0. The molecule has 0 radical (unpaired) electrons. The summed E-state index contributed by atoms with van der Waals surface area (Å²) in [5, 5.41) is 19.7. The fourth-order valence-electron chi connectivity index (χ4n) is 1.68. The van der Waals surface area contributed by atoms with Gasteiger partial charge in [0.15, 0.2) is 0 Å². The zero-order valence-corrected chi connectivity index (χ0v) is 12.9. The van der Waals surface area contributed by atoms with Crippen molar-refractivity contribution in [1.82, 2.24) is 0 Å². The van der Waals surface area contributed by atoms with E-state index >= 15 is 0 Å². The Kier molecular flexibility index (Phi) is 5.19. The van der Waals surface area contributed by atoms with Crippen LogP contribution in [-0.2, 0) is 4.79 Å². The minimum atomic E-state index is -0.979. The van der Waals surface area contributed by atoms with Gasteiger partial charge in [-0.15, -0.1) is 0 Å². The van der Waals surface area contributed by atoms with Crippen molar-refractivity contribution in [3.63, 3.8) is 0 Å². The summed E-state index contributed by atoms with van der Waals surface area (Å²) in [6, 6.07) is 13.1. The Hall–Kier alpha value is -3.02. The van der Waals surface area contributed by atoms with Crippen LogP contribution < -0.4 is 5.32 Å². The molecule has 2 aromatic carbocycles. The van der Waals surface area contributed by atoms with E-state index in [2.05, 4.69) is 15.5 Å². The van der Waals surface area contributed by atoms with Crippen LogP contribution in [0.15, 0.2) is 58.8 Å². The van der Waals surface area contributed by atoms with Gasteiger partial charge in [0.05, 0.1) is 16.9 Å².